The quantitative estimate of drug-likeness (QED) is 0.876. The smallest absolute Gasteiger partial charge is 0.251 e. The second-order valence-corrected chi connectivity index (χ2v) is 7.96. The van der Waals surface area contributed by atoms with E-state index in [0.717, 1.165) is 18.4 Å². The Kier molecular flexibility index (Phi) is 4.57. The summed E-state index contributed by atoms with van der Waals surface area (Å²) < 4.78 is 25.6. The number of nitrogens with one attached hydrogen (secondary N) is 1. The van der Waals surface area contributed by atoms with Crippen LogP contribution in [0.25, 0.3) is 0 Å². The van der Waals surface area contributed by atoms with Crippen LogP contribution < -0.4 is 9.62 Å². The molecule has 0 bridgehead atoms. The van der Waals surface area contributed by atoms with E-state index in [2.05, 4.69) is 5.32 Å². The highest BCUT2D eigenvalue weighted by atomic mass is 32.2. The predicted octanol–water partition coefficient (Wildman–Crippen LogP) is 2.55. The fraction of sp³-hybridized carbons (Fsp3) is 0.278. The zero-order valence-electron chi connectivity index (χ0n) is 13.5. The number of amides is 1. The summed E-state index contributed by atoms with van der Waals surface area (Å²) in [7, 11) is -3.43. The van der Waals surface area contributed by atoms with Crippen LogP contribution in [0.5, 0.6) is 0 Å². The Morgan fingerprint density at radius 1 is 1.08 bits per heavy atom. The van der Waals surface area contributed by atoms with Gasteiger partial charge in [-0.3, -0.25) is 9.10 Å². The molecule has 0 atom stereocenters. The van der Waals surface area contributed by atoms with E-state index >= 15 is 0 Å². The first-order chi connectivity index (χ1) is 11.4. The predicted molar refractivity (Wildman–Crippen MR) is 94.4 cm³/mol. The molecule has 1 fully saturated rings. The van der Waals surface area contributed by atoms with Gasteiger partial charge < -0.3 is 5.32 Å². The minimum absolute atomic E-state index is 0.113. The van der Waals surface area contributed by atoms with E-state index in [0.29, 0.717) is 17.3 Å². The van der Waals surface area contributed by atoms with Gasteiger partial charge in [0.15, 0.2) is 0 Å². The molecule has 6 heteroatoms. The maximum atomic E-state index is 12.2. The molecule has 1 aliphatic carbocycles. The van der Waals surface area contributed by atoms with Crippen molar-refractivity contribution in [3.63, 3.8) is 0 Å². The van der Waals surface area contributed by atoms with E-state index in [9.17, 15) is 13.2 Å². The molecule has 1 N–H and O–H groups in total. The van der Waals surface area contributed by atoms with E-state index in [-0.39, 0.29) is 12.5 Å². The summed E-state index contributed by atoms with van der Waals surface area (Å²) in [5, 5.41) is 2.92. The Morgan fingerprint density at radius 3 is 2.25 bits per heavy atom. The van der Waals surface area contributed by atoms with E-state index in [1.165, 1.54) is 10.6 Å². The zero-order valence-corrected chi connectivity index (χ0v) is 14.3. The van der Waals surface area contributed by atoms with Gasteiger partial charge in [0.05, 0.1) is 18.5 Å². The van der Waals surface area contributed by atoms with Gasteiger partial charge in [-0.2, -0.15) is 0 Å². The summed E-state index contributed by atoms with van der Waals surface area (Å²) in [5.74, 6) is -0.113. The van der Waals surface area contributed by atoms with Crippen molar-refractivity contribution in [3.8, 4) is 0 Å². The van der Waals surface area contributed by atoms with Crippen LogP contribution in [-0.2, 0) is 16.6 Å². The number of hydrogen-bond donors (Lipinski definition) is 1. The number of rotatable bonds is 6. The Morgan fingerprint density at radius 2 is 1.71 bits per heavy atom. The molecule has 0 spiro atoms. The third-order valence-corrected chi connectivity index (χ3v) is 5.04. The lowest BCUT2D eigenvalue weighted by atomic mass is 10.1. The summed E-state index contributed by atoms with van der Waals surface area (Å²) in [5.41, 5.74) is 1.99. The summed E-state index contributed by atoms with van der Waals surface area (Å²) in [6.45, 7) is 0.257. The van der Waals surface area contributed by atoms with Crippen LogP contribution in [0, 0.1) is 0 Å². The van der Waals surface area contributed by atoms with E-state index in [1.807, 2.05) is 30.3 Å². The lowest BCUT2D eigenvalue weighted by Gasteiger charge is -2.22. The Hall–Kier alpha value is -2.34. The Balaban J connectivity index is 1.81. The molecule has 2 aromatic rings. The van der Waals surface area contributed by atoms with E-state index in [4.69, 9.17) is 0 Å². The third-order valence-electron chi connectivity index (χ3n) is 3.90. The van der Waals surface area contributed by atoms with Crippen molar-refractivity contribution in [2.75, 3.05) is 10.6 Å². The average Bonchev–Trinajstić information content (AvgIpc) is 3.37. The molecule has 3 rings (SSSR count). The van der Waals surface area contributed by atoms with Crippen molar-refractivity contribution in [2.24, 2.45) is 0 Å². The minimum Gasteiger partial charge on any atom is -0.349 e. The number of anilines is 1. The van der Waals surface area contributed by atoms with Crippen LogP contribution in [-0.4, -0.2) is 26.6 Å². The molecule has 0 radical (unpaired) electrons. The molecule has 5 nitrogen and oxygen atoms in total. The summed E-state index contributed by atoms with van der Waals surface area (Å²) in [4.78, 5) is 12.0. The first-order valence-corrected chi connectivity index (χ1v) is 9.71. The van der Waals surface area contributed by atoms with Crippen molar-refractivity contribution in [1.82, 2.24) is 5.32 Å². The fourth-order valence-electron chi connectivity index (χ4n) is 2.42. The molecule has 0 aliphatic heterocycles. The fourth-order valence-corrected chi connectivity index (χ4v) is 3.31. The molecule has 0 aromatic heterocycles. The number of sulfonamides is 1. The van der Waals surface area contributed by atoms with Crippen LogP contribution in [0.15, 0.2) is 54.6 Å². The molecular weight excluding hydrogens is 324 g/mol. The number of carbonyl (C=O) groups excluding carboxylic acids is 1. The van der Waals surface area contributed by atoms with Crippen LogP contribution in [0.2, 0.25) is 0 Å². The van der Waals surface area contributed by atoms with Crippen molar-refractivity contribution in [2.45, 2.75) is 25.4 Å². The van der Waals surface area contributed by atoms with Crippen molar-refractivity contribution < 1.29 is 13.2 Å². The van der Waals surface area contributed by atoms with Crippen molar-refractivity contribution >= 4 is 21.6 Å². The van der Waals surface area contributed by atoms with Crippen LogP contribution in [0.4, 0.5) is 5.69 Å². The standard InChI is InChI=1S/C18H20N2O3S/c1-24(22,23)20(13-14-5-3-2-4-6-14)17-11-7-15(8-12-17)18(21)19-16-9-10-16/h2-8,11-12,16H,9-10,13H2,1H3,(H,19,21). The number of nitrogens with zero attached hydrogens (tertiary/aromatic N) is 1. The largest absolute Gasteiger partial charge is 0.349 e. The molecule has 1 amide bonds. The topological polar surface area (TPSA) is 66.5 Å². The highest BCUT2D eigenvalue weighted by Crippen LogP contribution is 2.22. The van der Waals surface area contributed by atoms with Crippen LogP contribution in [0.1, 0.15) is 28.8 Å². The molecule has 1 aliphatic rings. The van der Waals surface area contributed by atoms with Crippen molar-refractivity contribution in [3.05, 3.63) is 65.7 Å². The van der Waals surface area contributed by atoms with Gasteiger partial charge in [0.1, 0.15) is 0 Å². The van der Waals surface area contributed by atoms with Gasteiger partial charge in [-0.05, 0) is 42.7 Å². The number of hydrogen-bond acceptors (Lipinski definition) is 3. The van der Waals surface area contributed by atoms with Gasteiger partial charge in [0.2, 0.25) is 10.0 Å². The second kappa shape index (κ2) is 6.65. The van der Waals surface area contributed by atoms with Gasteiger partial charge in [0.25, 0.3) is 5.91 Å². The molecule has 2 aromatic carbocycles. The second-order valence-electron chi connectivity index (χ2n) is 6.05. The Labute approximate surface area is 142 Å². The normalized spacial score (nSPS) is 14.2. The average molecular weight is 344 g/mol. The monoisotopic (exact) mass is 344 g/mol. The van der Waals surface area contributed by atoms with E-state index < -0.39 is 10.0 Å². The lowest BCUT2D eigenvalue weighted by Crippen LogP contribution is -2.29. The van der Waals surface area contributed by atoms with Gasteiger partial charge in [-0.15, -0.1) is 0 Å². The molecule has 1 saturated carbocycles. The maximum Gasteiger partial charge on any atom is 0.251 e. The highest BCUT2D eigenvalue weighted by Gasteiger charge is 2.24. The zero-order chi connectivity index (χ0) is 17.2. The lowest BCUT2D eigenvalue weighted by molar-refractivity contribution is 0.0951. The molecule has 0 saturated heterocycles. The summed E-state index contributed by atoms with van der Waals surface area (Å²) >= 11 is 0. The summed E-state index contributed by atoms with van der Waals surface area (Å²) in [6, 6.07) is 16.4. The van der Waals surface area contributed by atoms with Gasteiger partial charge in [0, 0.05) is 11.6 Å². The number of carbonyl (C=O) groups is 1. The summed E-state index contributed by atoms with van der Waals surface area (Å²) in [6.07, 6.45) is 3.25. The molecule has 126 valence electrons. The highest BCUT2D eigenvalue weighted by molar-refractivity contribution is 7.92. The van der Waals surface area contributed by atoms with Gasteiger partial charge in [-0.1, -0.05) is 30.3 Å². The van der Waals surface area contributed by atoms with Gasteiger partial charge >= 0.3 is 0 Å². The molecular formula is C18H20N2O3S. The van der Waals surface area contributed by atoms with E-state index in [1.54, 1.807) is 24.3 Å². The van der Waals surface area contributed by atoms with Crippen LogP contribution >= 0.6 is 0 Å². The van der Waals surface area contributed by atoms with Crippen LogP contribution in [0.3, 0.4) is 0 Å². The molecule has 0 heterocycles. The first kappa shape index (κ1) is 16.5. The number of benzene rings is 2. The molecule has 24 heavy (non-hydrogen) atoms. The Bertz CT molecular complexity index is 813. The minimum atomic E-state index is -3.43. The van der Waals surface area contributed by atoms with Crippen molar-refractivity contribution in [1.29, 1.82) is 0 Å². The first-order valence-electron chi connectivity index (χ1n) is 7.86. The molecule has 0 unspecified atom stereocenters. The SMILES string of the molecule is CS(=O)(=O)N(Cc1ccccc1)c1ccc(C(=O)NC2CC2)cc1. The third kappa shape index (κ3) is 4.14. The van der Waals surface area contributed by atoms with Gasteiger partial charge in [-0.25, -0.2) is 8.42 Å². The maximum absolute atomic E-state index is 12.2.